The van der Waals surface area contributed by atoms with Gasteiger partial charge in [0.2, 0.25) is 0 Å². The van der Waals surface area contributed by atoms with E-state index in [1.54, 1.807) is 26.3 Å². The van der Waals surface area contributed by atoms with E-state index < -0.39 is 0 Å². The lowest BCUT2D eigenvalue weighted by Crippen LogP contribution is -2.20. The molecule has 0 spiro atoms. The maximum Gasteiger partial charge on any atom is 0.282 e. The number of rotatable bonds is 3. The quantitative estimate of drug-likeness (QED) is 0.663. The van der Waals surface area contributed by atoms with Gasteiger partial charge in [0, 0.05) is 4.47 Å². The molecule has 0 aliphatic rings. The number of fused-ring (bicyclic) bond motifs is 1. The second-order valence-corrected chi connectivity index (χ2v) is 5.87. The minimum Gasteiger partial charge on any atom is -0.497 e. The first-order chi connectivity index (χ1) is 11.1. The van der Waals surface area contributed by atoms with Gasteiger partial charge >= 0.3 is 0 Å². The first kappa shape index (κ1) is 15.4. The van der Waals surface area contributed by atoms with Crippen LogP contribution in [-0.4, -0.2) is 23.0 Å². The number of aromatic nitrogens is 2. The first-order valence-electron chi connectivity index (χ1n) is 6.96. The molecule has 6 heteroatoms. The van der Waals surface area contributed by atoms with E-state index >= 15 is 0 Å². The largest absolute Gasteiger partial charge is 0.497 e. The van der Waals surface area contributed by atoms with Crippen molar-refractivity contribution in [1.82, 2.24) is 9.66 Å². The van der Waals surface area contributed by atoms with Gasteiger partial charge in [0.25, 0.3) is 5.56 Å². The first-order valence-corrected chi connectivity index (χ1v) is 7.75. The van der Waals surface area contributed by atoms with Crippen molar-refractivity contribution in [3.63, 3.8) is 0 Å². The Labute approximate surface area is 141 Å². The molecule has 0 aliphatic carbocycles. The van der Waals surface area contributed by atoms with Crippen molar-refractivity contribution in [2.45, 2.75) is 6.92 Å². The number of ether oxygens (including phenoxy) is 1. The summed E-state index contributed by atoms with van der Waals surface area (Å²) in [6.07, 6.45) is 1.61. The lowest BCUT2D eigenvalue weighted by Gasteiger charge is -2.06. The third-order valence-electron chi connectivity index (χ3n) is 3.39. The van der Waals surface area contributed by atoms with Gasteiger partial charge < -0.3 is 4.74 Å². The zero-order valence-electron chi connectivity index (χ0n) is 12.7. The Morgan fingerprint density at radius 1 is 1.26 bits per heavy atom. The summed E-state index contributed by atoms with van der Waals surface area (Å²) in [5.74, 6) is 1.27. The third-order valence-corrected chi connectivity index (χ3v) is 3.88. The Balaban J connectivity index is 2.09. The molecule has 0 amide bonds. The van der Waals surface area contributed by atoms with Crippen LogP contribution in [0.2, 0.25) is 0 Å². The van der Waals surface area contributed by atoms with Gasteiger partial charge in [-0.2, -0.15) is 9.78 Å². The maximum absolute atomic E-state index is 12.6. The molecule has 116 valence electrons. The van der Waals surface area contributed by atoms with E-state index in [2.05, 4.69) is 26.0 Å². The molecule has 2 aromatic carbocycles. The number of methoxy groups -OCH3 is 1. The molecule has 0 aliphatic heterocycles. The fraction of sp³-hybridized carbons (Fsp3) is 0.118. The summed E-state index contributed by atoms with van der Waals surface area (Å²) in [6.45, 7) is 1.76. The second-order valence-electron chi connectivity index (χ2n) is 4.96. The van der Waals surface area contributed by atoms with Crippen LogP contribution in [0.15, 0.2) is 56.8 Å². The van der Waals surface area contributed by atoms with Crippen molar-refractivity contribution in [2.75, 3.05) is 7.11 Å². The summed E-state index contributed by atoms with van der Waals surface area (Å²) in [7, 11) is 1.61. The highest BCUT2D eigenvalue weighted by molar-refractivity contribution is 9.10. The van der Waals surface area contributed by atoms with Gasteiger partial charge in [0.05, 0.1) is 24.2 Å². The van der Waals surface area contributed by atoms with Crippen LogP contribution in [0.4, 0.5) is 0 Å². The Morgan fingerprint density at radius 3 is 2.87 bits per heavy atom. The Hall–Kier alpha value is -2.47. The summed E-state index contributed by atoms with van der Waals surface area (Å²) in [5, 5.41) is 4.80. The van der Waals surface area contributed by atoms with Crippen LogP contribution >= 0.6 is 15.9 Å². The molecule has 5 nitrogen and oxygen atoms in total. The van der Waals surface area contributed by atoms with Crippen LogP contribution in [0, 0.1) is 6.92 Å². The summed E-state index contributed by atoms with van der Waals surface area (Å²) < 4.78 is 7.31. The normalized spacial score (nSPS) is 11.3. The third kappa shape index (κ3) is 3.17. The highest BCUT2D eigenvalue weighted by Gasteiger charge is 2.07. The molecule has 0 N–H and O–H groups in total. The average Bonchev–Trinajstić information content (AvgIpc) is 2.56. The van der Waals surface area contributed by atoms with E-state index in [-0.39, 0.29) is 5.56 Å². The monoisotopic (exact) mass is 371 g/mol. The standard InChI is InChI=1S/C17H14BrN3O2/c1-11-20-16-7-6-13(18)9-15(16)17(22)21(11)19-10-12-4-3-5-14(8-12)23-2/h3-10H,1-2H3. The lowest BCUT2D eigenvalue weighted by atomic mass is 10.2. The maximum atomic E-state index is 12.6. The number of benzene rings is 2. The molecule has 0 saturated heterocycles. The van der Waals surface area contributed by atoms with Gasteiger partial charge in [-0.15, -0.1) is 0 Å². The Morgan fingerprint density at radius 2 is 2.09 bits per heavy atom. The summed E-state index contributed by atoms with van der Waals surface area (Å²) in [4.78, 5) is 17.0. The average molecular weight is 372 g/mol. The zero-order chi connectivity index (χ0) is 16.4. The van der Waals surface area contributed by atoms with Crippen LogP contribution < -0.4 is 10.3 Å². The number of halogens is 1. The van der Waals surface area contributed by atoms with E-state index in [1.165, 1.54) is 4.68 Å². The smallest absolute Gasteiger partial charge is 0.282 e. The van der Waals surface area contributed by atoms with Crippen LogP contribution in [0.1, 0.15) is 11.4 Å². The van der Waals surface area contributed by atoms with Crippen molar-refractivity contribution < 1.29 is 4.74 Å². The lowest BCUT2D eigenvalue weighted by molar-refractivity contribution is 0.414. The molecule has 1 heterocycles. The number of nitrogens with zero attached hydrogens (tertiary/aromatic N) is 3. The van der Waals surface area contributed by atoms with Gasteiger partial charge in [-0.1, -0.05) is 28.1 Å². The second kappa shape index (κ2) is 6.34. The SMILES string of the molecule is COc1cccc(C=Nn2c(C)nc3ccc(Br)cc3c2=O)c1. The van der Waals surface area contributed by atoms with E-state index in [0.29, 0.717) is 16.7 Å². The Bertz CT molecular complexity index is 964. The van der Waals surface area contributed by atoms with Gasteiger partial charge in [-0.05, 0) is 42.8 Å². The molecule has 1 aromatic heterocycles. The fourth-order valence-corrected chi connectivity index (χ4v) is 2.60. The van der Waals surface area contributed by atoms with Crippen molar-refractivity contribution in [3.05, 3.63) is 68.7 Å². The predicted molar refractivity (Wildman–Crippen MR) is 94.4 cm³/mol. The molecule has 0 unspecified atom stereocenters. The molecule has 0 saturated carbocycles. The molecule has 3 rings (SSSR count). The molecular weight excluding hydrogens is 358 g/mol. The van der Waals surface area contributed by atoms with Crippen LogP contribution in [0.25, 0.3) is 10.9 Å². The number of hydrogen-bond acceptors (Lipinski definition) is 4. The van der Waals surface area contributed by atoms with Crippen LogP contribution in [0.3, 0.4) is 0 Å². The molecule has 0 atom stereocenters. The highest BCUT2D eigenvalue weighted by atomic mass is 79.9. The molecular formula is C17H14BrN3O2. The minimum absolute atomic E-state index is 0.201. The van der Waals surface area contributed by atoms with E-state index in [1.807, 2.05) is 36.4 Å². The topological polar surface area (TPSA) is 56.5 Å². The highest BCUT2D eigenvalue weighted by Crippen LogP contribution is 2.16. The minimum atomic E-state index is -0.201. The molecule has 3 aromatic rings. The Kier molecular flexibility index (Phi) is 4.25. The molecule has 0 bridgehead atoms. The summed E-state index contributed by atoms with van der Waals surface area (Å²) >= 11 is 3.37. The van der Waals surface area contributed by atoms with Crippen molar-refractivity contribution in [2.24, 2.45) is 5.10 Å². The van der Waals surface area contributed by atoms with Gasteiger partial charge in [0.15, 0.2) is 0 Å². The fourth-order valence-electron chi connectivity index (χ4n) is 2.24. The molecule has 23 heavy (non-hydrogen) atoms. The number of aryl methyl sites for hydroxylation is 1. The van der Waals surface area contributed by atoms with Crippen molar-refractivity contribution >= 4 is 33.0 Å². The van der Waals surface area contributed by atoms with Gasteiger partial charge in [0.1, 0.15) is 11.6 Å². The summed E-state index contributed by atoms with van der Waals surface area (Å²) in [5.41, 5.74) is 1.29. The number of hydrogen-bond donors (Lipinski definition) is 0. The van der Waals surface area contributed by atoms with Crippen molar-refractivity contribution in [3.8, 4) is 5.75 Å². The van der Waals surface area contributed by atoms with Crippen LogP contribution in [-0.2, 0) is 0 Å². The van der Waals surface area contributed by atoms with E-state index in [0.717, 1.165) is 15.8 Å². The van der Waals surface area contributed by atoms with E-state index in [4.69, 9.17) is 4.74 Å². The van der Waals surface area contributed by atoms with Gasteiger partial charge in [-0.3, -0.25) is 4.79 Å². The summed E-state index contributed by atoms with van der Waals surface area (Å²) in [6, 6.07) is 12.9. The molecule has 0 fully saturated rings. The zero-order valence-corrected chi connectivity index (χ0v) is 14.2. The molecule has 0 radical (unpaired) electrons. The van der Waals surface area contributed by atoms with Crippen LogP contribution in [0.5, 0.6) is 5.75 Å². The van der Waals surface area contributed by atoms with Gasteiger partial charge in [-0.25, -0.2) is 4.98 Å². The van der Waals surface area contributed by atoms with E-state index in [9.17, 15) is 4.79 Å². The van der Waals surface area contributed by atoms with Crippen molar-refractivity contribution in [1.29, 1.82) is 0 Å². The predicted octanol–water partition coefficient (Wildman–Crippen LogP) is 3.36.